The number of nitrogens with one attached hydrogen (secondary N) is 1. The third-order valence-electron chi connectivity index (χ3n) is 4.55. The Bertz CT molecular complexity index is 805. The highest BCUT2D eigenvalue weighted by Crippen LogP contribution is 2.28. The molecule has 1 aliphatic rings. The summed E-state index contributed by atoms with van der Waals surface area (Å²) in [4.78, 5) is 19.3. The highest BCUT2D eigenvalue weighted by Gasteiger charge is 2.18. The number of anilines is 1. The van der Waals surface area contributed by atoms with Crippen molar-refractivity contribution in [3.05, 3.63) is 64.8 Å². The molecule has 0 fully saturated rings. The number of nitrogens with zero attached hydrogens (tertiary/aromatic N) is 2. The van der Waals surface area contributed by atoms with Crippen molar-refractivity contribution in [1.29, 1.82) is 0 Å². The van der Waals surface area contributed by atoms with Gasteiger partial charge in [-0.15, -0.1) is 12.4 Å². The monoisotopic (exact) mass is 391 g/mol. The molecule has 1 N–H and O–H groups in total. The quantitative estimate of drug-likeness (QED) is 0.805. The van der Waals surface area contributed by atoms with Crippen molar-refractivity contribution in [2.45, 2.75) is 25.3 Å². The van der Waals surface area contributed by atoms with E-state index in [9.17, 15) is 4.79 Å². The van der Waals surface area contributed by atoms with Crippen molar-refractivity contribution in [3.63, 3.8) is 0 Å². The maximum Gasteiger partial charge on any atom is 0.258 e. The number of rotatable bonds is 4. The lowest BCUT2D eigenvalue weighted by atomic mass is 9.92. The van der Waals surface area contributed by atoms with Crippen LogP contribution in [0.15, 0.2) is 48.5 Å². The fourth-order valence-corrected chi connectivity index (χ4v) is 3.26. The van der Waals surface area contributed by atoms with Crippen LogP contribution in [0.3, 0.4) is 0 Å². The minimum atomic E-state index is -0.249. The predicted molar refractivity (Wildman–Crippen MR) is 110 cm³/mol. The molecule has 1 heterocycles. The van der Waals surface area contributed by atoms with Gasteiger partial charge in [-0.2, -0.15) is 0 Å². The molecule has 3 rings (SSSR count). The van der Waals surface area contributed by atoms with Crippen molar-refractivity contribution < 1.29 is 4.79 Å². The van der Waals surface area contributed by atoms with Crippen LogP contribution in [0.1, 0.15) is 35.3 Å². The lowest BCUT2D eigenvalue weighted by Gasteiger charge is -2.27. The van der Waals surface area contributed by atoms with Crippen LogP contribution < -0.4 is 5.32 Å². The van der Waals surface area contributed by atoms with Crippen molar-refractivity contribution >= 4 is 41.3 Å². The van der Waals surface area contributed by atoms with Crippen molar-refractivity contribution in [2.24, 2.45) is 0 Å². The van der Waals surface area contributed by atoms with Crippen LogP contribution in [0.5, 0.6) is 0 Å². The van der Waals surface area contributed by atoms with Gasteiger partial charge in [0.1, 0.15) is 5.82 Å². The van der Waals surface area contributed by atoms with Gasteiger partial charge in [-0.1, -0.05) is 35.9 Å². The third-order valence-corrected chi connectivity index (χ3v) is 4.88. The number of aromatic nitrogens is 1. The molecule has 1 atom stereocenters. The van der Waals surface area contributed by atoms with E-state index in [0.717, 1.165) is 25.0 Å². The van der Waals surface area contributed by atoms with E-state index >= 15 is 0 Å². The fraction of sp³-hybridized carbons (Fsp3) is 0.300. The Morgan fingerprint density at radius 1 is 1.19 bits per heavy atom. The van der Waals surface area contributed by atoms with Gasteiger partial charge < -0.3 is 10.2 Å². The predicted octanol–water partition coefficient (Wildman–Crippen LogP) is 4.91. The Labute approximate surface area is 165 Å². The van der Waals surface area contributed by atoms with Crippen LogP contribution in [-0.2, 0) is 0 Å². The summed E-state index contributed by atoms with van der Waals surface area (Å²) in [6.07, 6.45) is 5.41. The molecule has 26 heavy (non-hydrogen) atoms. The van der Waals surface area contributed by atoms with Crippen LogP contribution in [0.4, 0.5) is 5.82 Å². The summed E-state index contributed by atoms with van der Waals surface area (Å²) in [6, 6.07) is 13.3. The largest absolute Gasteiger partial charge is 0.306 e. The van der Waals surface area contributed by atoms with E-state index < -0.39 is 0 Å². The summed E-state index contributed by atoms with van der Waals surface area (Å²) in [6.45, 7) is 0. The van der Waals surface area contributed by atoms with Gasteiger partial charge in [0.2, 0.25) is 0 Å². The number of allylic oxidation sites excluding steroid dienone is 1. The maximum atomic E-state index is 12.4. The zero-order valence-electron chi connectivity index (χ0n) is 14.9. The third kappa shape index (κ3) is 4.85. The molecular formula is C20H23Cl2N3O. The summed E-state index contributed by atoms with van der Waals surface area (Å²) < 4.78 is 0. The molecule has 0 bridgehead atoms. The molecule has 138 valence electrons. The number of carbonyl (C=O) groups excluding carboxylic acids is 1. The number of halogens is 2. The number of amides is 1. The minimum absolute atomic E-state index is 0. The zero-order valence-corrected chi connectivity index (χ0v) is 16.5. The van der Waals surface area contributed by atoms with Crippen LogP contribution >= 0.6 is 24.0 Å². The summed E-state index contributed by atoms with van der Waals surface area (Å²) in [5.74, 6) is 0.290. The van der Waals surface area contributed by atoms with E-state index in [1.165, 1.54) is 5.57 Å². The van der Waals surface area contributed by atoms with Crippen LogP contribution in [0, 0.1) is 0 Å². The van der Waals surface area contributed by atoms with Gasteiger partial charge in [-0.25, -0.2) is 4.98 Å². The topological polar surface area (TPSA) is 45.2 Å². The Balaban J connectivity index is 0.00000243. The van der Waals surface area contributed by atoms with E-state index in [4.69, 9.17) is 11.6 Å². The maximum absolute atomic E-state index is 12.4. The lowest BCUT2D eigenvalue weighted by Crippen LogP contribution is -2.29. The molecule has 1 aromatic heterocycles. The van der Waals surface area contributed by atoms with Crippen LogP contribution in [0.2, 0.25) is 5.02 Å². The number of hydrogen-bond donors (Lipinski definition) is 1. The highest BCUT2D eigenvalue weighted by atomic mass is 35.5. The first-order valence-corrected chi connectivity index (χ1v) is 8.81. The summed E-state index contributed by atoms with van der Waals surface area (Å²) in [5, 5.41) is 3.27. The molecule has 2 aromatic rings. The van der Waals surface area contributed by atoms with E-state index in [0.29, 0.717) is 22.4 Å². The second-order valence-electron chi connectivity index (χ2n) is 6.46. The molecule has 0 aliphatic heterocycles. The second-order valence-corrected chi connectivity index (χ2v) is 6.87. The Morgan fingerprint density at radius 3 is 2.62 bits per heavy atom. The molecule has 0 spiro atoms. The molecule has 0 saturated carbocycles. The number of carbonyl (C=O) groups is 1. The van der Waals surface area contributed by atoms with Crippen molar-refractivity contribution in [3.8, 4) is 0 Å². The fourth-order valence-electron chi connectivity index (χ4n) is 3.03. The molecule has 1 aliphatic carbocycles. The summed E-state index contributed by atoms with van der Waals surface area (Å²) in [7, 11) is 4.24. The average molecular weight is 392 g/mol. The second kappa shape index (κ2) is 9.17. The summed E-state index contributed by atoms with van der Waals surface area (Å²) >= 11 is 6.08. The Kier molecular flexibility index (Phi) is 7.21. The molecule has 4 nitrogen and oxygen atoms in total. The standard InChI is InChI=1S/C20H22ClN3O.ClH/c1-24(2)15-12-10-14(11-13-15)18-8-5-9-19(22-18)23-20(25)16-6-3-4-7-17(16)21;/h3-10,15H,11-13H2,1-2H3,(H,22,23,25);1H. The molecular weight excluding hydrogens is 369 g/mol. The SMILES string of the molecule is CN(C)C1CC=C(c2cccc(NC(=O)c3ccccc3Cl)n2)CC1.Cl. The molecule has 0 saturated heterocycles. The van der Waals surface area contributed by atoms with E-state index in [1.54, 1.807) is 30.3 Å². The van der Waals surface area contributed by atoms with Crippen molar-refractivity contribution in [1.82, 2.24) is 9.88 Å². The van der Waals surface area contributed by atoms with Crippen LogP contribution in [0.25, 0.3) is 5.57 Å². The van der Waals surface area contributed by atoms with E-state index in [-0.39, 0.29) is 18.3 Å². The van der Waals surface area contributed by atoms with E-state index in [2.05, 4.69) is 35.4 Å². The lowest BCUT2D eigenvalue weighted by molar-refractivity contribution is 0.102. The molecule has 1 unspecified atom stereocenters. The van der Waals surface area contributed by atoms with Gasteiger partial charge in [-0.3, -0.25) is 4.79 Å². The number of benzene rings is 1. The zero-order chi connectivity index (χ0) is 17.8. The van der Waals surface area contributed by atoms with Gasteiger partial charge in [0.15, 0.2) is 0 Å². The normalized spacial score (nSPS) is 16.6. The molecule has 0 radical (unpaired) electrons. The highest BCUT2D eigenvalue weighted by molar-refractivity contribution is 6.34. The first-order chi connectivity index (χ1) is 12.0. The average Bonchev–Trinajstić information content (AvgIpc) is 2.62. The Morgan fingerprint density at radius 2 is 1.96 bits per heavy atom. The minimum Gasteiger partial charge on any atom is -0.306 e. The van der Waals surface area contributed by atoms with Gasteiger partial charge in [0.05, 0.1) is 16.3 Å². The van der Waals surface area contributed by atoms with Crippen molar-refractivity contribution in [2.75, 3.05) is 19.4 Å². The smallest absolute Gasteiger partial charge is 0.258 e. The summed E-state index contributed by atoms with van der Waals surface area (Å²) in [5.41, 5.74) is 2.61. The van der Waals surface area contributed by atoms with Gasteiger partial charge in [0, 0.05) is 6.04 Å². The molecule has 1 amide bonds. The van der Waals surface area contributed by atoms with E-state index in [1.807, 2.05) is 12.1 Å². The van der Waals surface area contributed by atoms with Gasteiger partial charge in [-0.05, 0) is 63.2 Å². The Hall–Kier alpha value is -1.88. The first-order valence-electron chi connectivity index (χ1n) is 8.43. The number of hydrogen-bond acceptors (Lipinski definition) is 3. The van der Waals surface area contributed by atoms with Gasteiger partial charge in [0.25, 0.3) is 5.91 Å². The molecule has 6 heteroatoms. The first kappa shape index (κ1) is 20.4. The van der Waals surface area contributed by atoms with Gasteiger partial charge >= 0.3 is 0 Å². The van der Waals surface area contributed by atoms with Crippen LogP contribution in [-0.4, -0.2) is 35.9 Å². The number of pyridine rings is 1. The molecule has 1 aromatic carbocycles.